The van der Waals surface area contributed by atoms with Crippen LogP contribution >= 0.6 is 34.0 Å². The Morgan fingerprint density at radius 1 is 0.794 bits per heavy atom. The standard InChI is InChI=1S/C26H19N5S3/c1-3-9-18(10-4-1)20-17-21(22-13-7-15-32-22)31(30-20)26-27-24(23-14-8-16-33-23)25(34-26)29-28-19-11-5-2-6-12-19/h1-16,21H,17H2. The Labute approximate surface area is 209 Å². The molecule has 1 atom stereocenters. The summed E-state index contributed by atoms with van der Waals surface area (Å²) in [5.74, 6) is 0. The van der Waals surface area contributed by atoms with E-state index in [9.17, 15) is 0 Å². The molecule has 1 unspecified atom stereocenters. The van der Waals surface area contributed by atoms with Crippen molar-refractivity contribution in [1.29, 1.82) is 0 Å². The Kier molecular flexibility index (Phi) is 5.85. The van der Waals surface area contributed by atoms with Crippen LogP contribution < -0.4 is 5.01 Å². The highest BCUT2D eigenvalue weighted by molar-refractivity contribution is 7.20. The van der Waals surface area contributed by atoms with Crippen molar-refractivity contribution in [3.63, 3.8) is 0 Å². The van der Waals surface area contributed by atoms with E-state index in [0.717, 1.165) is 44.1 Å². The molecule has 0 aliphatic carbocycles. The van der Waals surface area contributed by atoms with Crippen LogP contribution in [0.25, 0.3) is 10.6 Å². The van der Waals surface area contributed by atoms with Gasteiger partial charge in [0, 0.05) is 11.3 Å². The Morgan fingerprint density at radius 2 is 1.56 bits per heavy atom. The van der Waals surface area contributed by atoms with Crippen LogP contribution in [0, 0.1) is 0 Å². The average molecular weight is 498 g/mol. The van der Waals surface area contributed by atoms with Crippen LogP contribution in [0.1, 0.15) is 22.9 Å². The minimum atomic E-state index is 0.108. The van der Waals surface area contributed by atoms with Gasteiger partial charge >= 0.3 is 0 Å². The first-order valence-corrected chi connectivity index (χ1v) is 13.4. The van der Waals surface area contributed by atoms with Crippen LogP contribution in [-0.2, 0) is 0 Å². The van der Waals surface area contributed by atoms with E-state index in [2.05, 4.69) is 68.5 Å². The van der Waals surface area contributed by atoms with Crippen molar-refractivity contribution in [2.24, 2.45) is 15.3 Å². The summed E-state index contributed by atoms with van der Waals surface area (Å²) in [7, 11) is 0. The number of hydrogen-bond acceptors (Lipinski definition) is 8. The van der Waals surface area contributed by atoms with E-state index in [1.807, 2.05) is 42.5 Å². The highest BCUT2D eigenvalue weighted by Crippen LogP contribution is 2.46. The molecule has 166 valence electrons. The third kappa shape index (κ3) is 4.23. The second kappa shape index (κ2) is 9.42. The number of hydrazone groups is 1. The highest BCUT2D eigenvalue weighted by atomic mass is 32.1. The zero-order valence-electron chi connectivity index (χ0n) is 18.0. The van der Waals surface area contributed by atoms with Crippen molar-refractivity contribution < 1.29 is 0 Å². The topological polar surface area (TPSA) is 53.2 Å². The van der Waals surface area contributed by atoms with Gasteiger partial charge in [-0.15, -0.1) is 32.9 Å². The molecule has 8 heteroatoms. The Morgan fingerprint density at radius 3 is 2.29 bits per heavy atom. The fourth-order valence-corrected chi connectivity index (χ4v) is 6.33. The molecule has 0 saturated carbocycles. The minimum absolute atomic E-state index is 0.108. The molecule has 0 fully saturated rings. The summed E-state index contributed by atoms with van der Waals surface area (Å²) in [6.45, 7) is 0. The third-order valence-electron chi connectivity index (χ3n) is 5.45. The molecule has 0 spiro atoms. The summed E-state index contributed by atoms with van der Waals surface area (Å²) >= 11 is 4.94. The van der Waals surface area contributed by atoms with Crippen molar-refractivity contribution in [2.75, 3.05) is 5.01 Å². The van der Waals surface area contributed by atoms with Crippen molar-refractivity contribution in [3.8, 4) is 10.6 Å². The lowest BCUT2D eigenvalue weighted by atomic mass is 10.0. The zero-order chi connectivity index (χ0) is 22.7. The van der Waals surface area contributed by atoms with E-state index >= 15 is 0 Å². The molecule has 34 heavy (non-hydrogen) atoms. The summed E-state index contributed by atoms with van der Waals surface area (Å²) in [5.41, 5.74) is 3.88. The first kappa shape index (κ1) is 21.1. The quantitative estimate of drug-likeness (QED) is 0.220. The van der Waals surface area contributed by atoms with Gasteiger partial charge in [0.05, 0.1) is 22.3 Å². The predicted molar refractivity (Wildman–Crippen MR) is 143 cm³/mol. The Hall–Kier alpha value is -3.46. The molecule has 0 saturated heterocycles. The van der Waals surface area contributed by atoms with Gasteiger partial charge in [-0.2, -0.15) is 5.10 Å². The number of anilines is 1. The number of benzene rings is 2. The van der Waals surface area contributed by atoms with Gasteiger partial charge in [0.1, 0.15) is 5.69 Å². The van der Waals surface area contributed by atoms with E-state index in [4.69, 9.17) is 10.1 Å². The van der Waals surface area contributed by atoms with Crippen molar-refractivity contribution in [2.45, 2.75) is 12.5 Å². The molecular formula is C26H19N5S3. The van der Waals surface area contributed by atoms with E-state index in [-0.39, 0.29) is 6.04 Å². The molecule has 2 aromatic carbocycles. The van der Waals surface area contributed by atoms with Crippen LogP contribution in [-0.4, -0.2) is 10.7 Å². The fourth-order valence-electron chi connectivity index (χ4n) is 3.83. The van der Waals surface area contributed by atoms with Gasteiger partial charge in [0.25, 0.3) is 0 Å². The molecule has 4 heterocycles. The minimum Gasteiger partial charge on any atom is -0.230 e. The normalized spacial score (nSPS) is 15.8. The zero-order valence-corrected chi connectivity index (χ0v) is 20.4. The molecule has 0 radical (unpaired) electrons. The summed E-state index contributed by atoms with van der Waals surface area (Å²) < 4.78 is 0. The maximum atomic E-state index is 5.06. The molecule has 5 nitrogen and oxygen atoms in total. The number of thiazole rings is 1. The van der Waals surface area contributed by atoms with Crippen LogP contribution in [0.4, 0.5) is 15.8 Å². The lowest BCUT2D eigenvalue weighted by Crippen LogP contribution is -2.17. The fraction of sp³-hybridized carbons (Fsp3) is 0.0769. The van der Waals surface area contributed by atoms with Gasteiger partial charge < -0.3 is 0 Å². The first-order valence-electron chi connectivity index (χ1n) is 10.8. The van der Waals surface area contributed by atoms with Gasteiger partial charge in [-0.1, -0.05) is 72.0 Å². The van der Waals surface area contributed by atoms with Gasteiger partial charge in [0.2, 0.25) is 5.13 Å². The lowest BCUT2D eigenvalue weighted by molar-refractivity contribution is 0.719. The highest BCUT2D eigenvalue weighted by Gasteiger charge is 2.33. The number of thiophene rings is 2. The Bertz CT molecular complexity index is 1420. The predicted octanol–water partition coefficient (Wildman–Crippen LogP) is 8.70. The molecule has 1 aliphatic heterocycles. The Balaban J connectivity index is 1.43. The van der Waals surface area contributed by atoms with Gasteiger partial charge in [-0.25, -0.2) is 9.99 Å². The molecule has 5 aromatic rings. The van der Waals surface area contributed by atoms with Gasteiger partial charge in [-0.05, 0) is 40.6 Å². The molecule has 0 amide bonds. The second-order valence-corrected chi connectivity index (χ2v) is 10.5. The maximum Gasteiger partial charge on any atom is 0.209 e. The molecule has 0 bridgehead atoms. The summed E-state index contributed by atoms with van der Waals surface area (Å²) in [6, 6.07) is 28.7. The largest absolute Gasteiger partial charge is 0.230 e. The van der Waals surface area contributed by atoms with E-state index < -0.39 is 0 Å². The van der Waals surface area contributed by atoms with Crippen molar-refractivity contribution >= 4 is 55.5 Å². The number of hydrogen-bond donors (Lipinski definition) is 0. The number of aromatic nitrogens is 1. The molecule has 0 N–H and O–H groups in total. The number of azo groups is 1. The van der Waals surface area contributed by atoms with E-state index in [0.29, 0.717) is 0 Å². The van der Waals surface area contributed by atoms with Crippen LogP contribution in [0.5, 0.6) is 0 Å². The van der Waals surface area contributed by atoms with Gasteiger partial charge in [-0.3, -0.25) is 0 Å². The third-order valence-corrected chi connectivity index (χ3v) is 8.23. The smallest absolute Gasteiger partial charge is 0.209 e. The summed E-state index contributed by atoms with van der Waals surface area (Å²) in [5, 5.41) is 22.0. The van der Waals surface area contributed by atoms with E-state index in [1.165, 1.54) is 16.2 Å². The average Bonchev–Trinajstić information content (AvgIpc) is 3.69. The molecular weight excluding hydrogens is 479 g/mol. The monoisotopic (exact) mass is 497 g/mol. The number of rotatable bonds is 6. The lowest BCUT2D eigenvalue weighted by Gasteiger charge is -2.19. The summed E-state index contributed by atoms with van der Waals surface area (Å²) in [6.07, 6.45) is 0.833. The van der Waals surface area contributed by atoms with E-state index in [1.54, 1.807) is 22.7 Å². The van der Waals surface area contributed by atoms with Crippen LogP contribution in [0.2, 0.25) is 0 Å². The van der Waals surface area contributed by atoms with Crippen molar-refractivity contribution in [3.05, 3.63) is 106 Å². The van der Waals surface area contributed by atoms with Crippen molar-refractivity contribution in [1.82, 2.24) is 4.98 Å². The molecule has 1 aliphatic rings. The first-order chi connectivity index (χ1) is 16.8. The van der Waals surface area contributed by atoms with Gasteiger partial charge in [0.15, 0.2) is 5.00 Å². The number of nitrogens with zero attached hydrogens (tertiary/aromatic N) is 5. The van der Waals surface area contributed by atoms with Crippen LogP contribution in [0.15, 0.2) is 111 Å². The SMILES string of the molecule is c1ccc(N=Nc2sc(N3N=C(c4ccccc4)CC3c3cccs3)nc2-c2cccs2)cc1. The second-order valence-electron chi connectivity index (χ2n) is 7.66. The molecule has 3 aromatic heterocycles. The molecule has 6 rings (SSSR count). The summed E-state index contributed by atoms with van der Waals surface area (Å²) in [4.78, 5) is 7.38. The maximum absolute atomic E-state index is 5.06. The van der Waals surface area contributed by atoms with Crippen LogP contribution in [0.3, 0.4) is 0 Å².